The molecule has 3 aromatic rings. The predicted molar refractivity (Wildman–Crippen MR) is 122 cm³/mol. The van der Waals surface area contributed by atoms with E-state index in [9.17, 15) is 14.4 Å². The molecule has 0 aliphatic rings. The minimum absolute atomic E-state index is 0.0709. The predicted octanol–water partition coefficient (Wildman–Crippen LogP) is 4.69. The first-order valence-electron chi connectivity index (χ1n) is 10.4. The van der Waals surface area contributed by atoms with E-state index in [1.54, 1.807) is 0 Å². The van der Waals surface area contributed by atoms with Crippen LogP contribution in [0, 0.1) is 0 Å². The van der Waals surface area contributed by atoms with Gasteiger partial charge in [0.05, 0.1) is 0 Å². The number of amides is 2. The molecule has 6 heteroatoms. The molecule has 0 atom stereocenters. The number of carbonyl (C=O) groups excluding carboxylic acids is 3. The topological polar surface area (TPSA) is 84.5 Å². The lowest BCUT2D eigenvalue weighted by Crippen LogP contribution is -2.21. The third-order valence-electron chi connectivity index (χ3n) is 4.86. The van der Waals surface area contributed by atoms with Gasteiger partial charge in [-0.3, -0.25) is 14.4 Å². The molecule has 2 N–H and O–H groups in total. The van der Waals surface area contributed by atoms with Crippen LogP contribution in [0.3, 0.4) is 0 Å². The van der Waals surface area contributed by atoms with Gasteiger partial charge >= 0.3 is 5.97 Å². The summed E-state index contributed by atoms with van der Waals surface area (Å²) in [4.78, 5) is 36.0. The summed E-state index contributed by atoms with van der Waals surface area (Å²) in [6.45, 7) is 1.71. The normalized spacial score (nSPS) is 10.5. The third kappa shape index (κ3) is 6.67. The molecule has 2 amide bonds. The van der Waals surface area contributed by atoms with E-state index in [1.807, 2.05) is 66.7 Å². The van der Waals surface area contributed by atoms with Crippen LogP contribution < -0.4 is 10.6 Å². The van der Waals surface area contributed by atoms with Crippen molar-refractivity contribution in [1.29, 1.82) is 0 Å². The lowest BCUT2D eigenvalue weighted by molar-refractivity contribution is -0.147. The molecule has 0 fully saturated rings. The number of anilines is 2. The summed E-state index contributed by atoms with van der Waals surface area (Å²) in [5, 5.41) is 7.58. The van der Waals surface area contributed by atoms with Crippen LogP contribution in [0.15, 0.2) is 66.7 Å². The molecular weight excluding hydrogens is 392 g/mol. The quantitative estimate of drug-likeness (QED) is 0.494. The Hall–Kier alpha value is -3.67. The molecular formula is C25H26N2O4. The number of nitrogens with one attached hydrogen (secondary N) is 2. The van der Waals surface area contributed by atoms with Crippen LogP contribution in [-0.4, -0.2) is 24.4 Å². The first-order valence-corrected chi connectivity index (χ1v) is 10.4. The molecule has 3 aromatic carbocycles. The largest absolute Gasteiger partial charge is 0.456 e. The fourth-order valence-electron chi connectivity index (χ4n) is 3.18. The van der Waals surface area contributed by atoms with Gasteiger partial charge in [0.1, 0.15) is 0 Å². The van der Waals surface area contributed by atoms with Crippen LogP contribution in [0.5, 0.6) is 0 Å². The van der Waals surface area contributed by atoms with Crippen LogP contribution in [-0.2, 0) is 25.5 Å². The fourth-order valence-corrected chi connectivity index (χ4v) is 3.18. The van der Waals surface area contributed by atoms with Crippen LogP contribution in [0.4, 0.5) is 11.4 Å². The summed E-state index contributed by atoms with van der Waals surface area (Å²) in [7, 11) is 0. The summed E-state index contributed by atoms with van der Waals surface area (Å²) in [5.41, 5.74) is 2.58. The van der Waals surface area contributed by atoms with Crippen LogP contribution >= 0.6 is 0 Å². The van der Waals surface area contributed by atoms with Crippen molar-refractivity contribution >= 4 is 39.9 Å². The van der Waals surface area contributed by atoms with Crippen molar-refractivity contribution in [3.63, 3.8) is 0 Å². The van der Waals surface area contributed by atoms with Gasteiger partial charge in [-0.25, -0.2) is 0 Å². The average molecular weight is 418 g/mol. The van der Waals surface area contributed by atoms with Crippen LogP contribution in [0.25, 0.3) is 10.8 Å². The van der Waals surface area contributed by atoms with Crippen molar-refractivity contribution < 1.29 is 19.1 Å². The Balaban J connectivity index is 1.36. The molecule has 3 rings (SSSR count). The molecule has 31 heavy (non-hydrogen) atoms. The fraction of sp³-hybridized carbons (Fsp3) is 0.240. The Bertz CT molecular complexity index is 1060. The zero-order valence-corrected chi connectivity index (χ0v) is 17.5. The van der Waals surface area contributed by atoms with Gasteiger partial charge in [-0.05, 0) is 42.0 Å². The average Bonchev–Trinajstić information content (AvgIpc) is 2.78. The molecule has 0 saturated carbocycles. The maximum absolute atomic E-state index is 12.2. The van der Waals surface area contributed by atoms with E-state index in [0.717, 1.165) is 22.9 Å². The van der Waals surface area contributed by atoms with E-state index in [0.29, 0.717) is 12.1 Å². The molecule has 0 aromatic heterocycles. The molecule has 0 unspecified atom stereocenters. The number of fused-ring (bicyclic) bond motifs is 1. The molecule has 0 saturated heterocycles. The SMILES string of the molecule is CCc1ccc(NC(=O)COC(=O)CCCC(=O)Nc2cccc3ccccc23)cc1. The van der Waals surface area contributed by atoms with E-state index in [4.69, 9.17) is 4.74 Å². The van der Waals surface area contributed by atoms with E-state index < -0.39 is 11.9 Å². The molecule has 0 bridgehead atoms. The van der Waals surface area contributed by atoms with Gasteiger partial charge < -0.3 is 15.4 Å². The van der Waals surface area contributed by atoms with Gasteiger partial charge in [0.15, 0.2) is 6.61 Å². The first-order chi connectivity index (χ1) is 15.0. The Morgan fingerprint density at radius 2 is 1.55 bits per heavy atom. The van der Waals surface area contributed by atoms with Crippen molar-refractivity contribution in [3.8, 4) is 0 Å². The summed E-state index contributed by atoms with van der Waals surface area (Å²) in [6, 6.07) is 21.0. The summed E-state index contributed by atoms with van der Waals surface area (Å²) in [6.07, 6.45) is 1.52. The Morgan fingerprint density at radius 1 is 0.806 bits per heavy atom. The smallest absolute Gasteiger partial charge is 0.306 e. The number of esters is 1. The van der Waals surface area contributed by atoms with Gasteiger partial charge in [-0.2, -0.15) is 0 Å². The molecule has 0 aliphatic heterocycles. The minimum atomic E-state index is -0.505. The second kappa shape index (κ2) is 10.9. The molecule has 0 spiro atoms. The Kier molecular flexibility index (Phi) is 7.76. The highest BCUT2D eigenvalue weighted by atomic mass is 16.5. The lowest BCUT2D eigenvalue weighted by Gasteiger charge is -2.09. The van der Waals surface area contributed by atoms with Crippen LogP contribution in [0.2, 0.25) is 0 Å². The zero-order chi connectivity index (χ0) is 22.1. The monoisotopic (exact) mass is 418 g/mol. The van der Waals surface area contributed by atoms with Crippen molar-refractivity contribution in [2.45, 2.75) is 32.6 Å². The molecule has 6 nitrogen and oxygen atoms in total. The third-order valence-corrected chi connectivity index (χ3v) is 4.86. The maximum Gasteiger partial charge on any atom is 0.306 e. The molecule has 160 valence electrons. The van der Waals surface area contributed by atoms with E-state index in [2.05, 4.69) is 17.6 Å². The molecule has 0 radical (unpaired) electrons. The van der Waals surface area contributed by atoms with E-state index in [-0.39, 0.29) is 25.4 Å². The van der Waals surface area contributed by atoms with E-state index >= 15 is 0 Å². The van der Waals surface area contributed by atoms with Crippen molar-refractivity contribution in [2.75, 3.05) is 17.2 Å². The minimum Gasteiger partial charge on any atom is -0.456 e. The first kappa shape index (κ1) is 22.0. The summed E-state index contributed by atoms with van der Waals surface area (Å²) < 4.78 is 5.00. The number of hydrogen-bond acceptors (Lipinski definition) is 4. The van der Waals surface area contributed by atoms with Crippen molar-refractivity contribution in [2.24, 2.45) is 0 Å². The van der Waals surface area contributed by atoms with Gasteiger partial charge in [-0.15, -0.1) is 0 Å². The number of hydrogen-bond donors (Lipinski definition) is 2. The second-order valence-corrected chi connectivity index (χ2v) is 7.19. The Labute approximate surface area is 181 Å². The Morgan fingerprint density at radius 3 is 2.32 bits per heavy atom. The second-order valence-electron chi connectivity index (χ2n) is 7.19. The maximum atomic E-state index is 12.2. The number of ether oxygens (including phenoxy) is 1. The highest BCUT2D eigenvalue weighted by Crippen LogP contribution is 2.23. The number of aryl methyl sites for hydroxylation is 1. The van der Waals surface area contributed by atoms with Crippen molar-refractivity contribution in [3.05, 3.63) is 72.3 Å². The molecule has 0 heterocycles. The lowest BCUT2D eigenvalue weighted by atomic mass is 10.1. The number of rotatable bonds is 9. The van der Waals surface area contributed by atoms with Crippen LogP contribution in [0.1, 0.15) is 31.7 Å². The number of benzene rings is 3. The standard InChI is InChI=1S/C25H26N2O4/c1-2-18-13-15-20(16-14-18)26-24(29)17-31-25(30)12-6-11-23(28)27-22-10-5-8-19-7-3-4-9-21(19)22/h3-5,7-10,13-16H,2,6,11-12,17H2,1H3,(H,26,29)(H,27,28). The highest BCUT2D eigenvalue weighted by molar-refractivity contribution is 6.02. The van der Waals surface area contributed by atoms with Gasteiger partial charge in [0, 0.05) is 29.6 Å². The molecule has 0 aliphatic carbocycles. The summed E-state index contributed by atoms with van der Waals surface area (Å²) >= 11 is 0. The van der Waals surface area contributed by atoms with Gasteiger partial charge in [-0.1, -0.05) is 55.5 Å². The van der Waals surface area contributed by atoms with E-state index in [1.165, 1.54) is 5.56 Å². The zero-order valence-electron chi connectivity index (χ0n) is 17.5. The number of carbonyl (C=O) groups is 3. The van der Waals surface area contributed by atoms with Gasteiger partial charge in [0.25, 0.3) is 5.91 Å². The van der Waals surface area contributed by atoms with Gasteiger partial charge in [0.2, 0.25) is 5.91 Å². The highest BCUT2D eigenvalue weighted by Gasteiger charge is 2.10. The van der Waals surface area contributed by atoms with Crippen molar-refractivity contribution in [1.82, 2.24) is 0 Å². The summed E-state index contributed by atoms with van der Waals surface area (Å²) in [5.74, 6) is -1.07.